The van der Waals surface area contributed by atoms with Gasteiger partial charge in [-0.05, 0) is 43.7 Å². The number of thiazole rings is 1. The molecule has 5 fully saturated rings. The molecule has 2 bridgehead atoms. The number of aromatic nitrogens is 1. The first kappa shape index (κ1) is 19.4. The van der Waals surface area contributed by atoms with Crippen molar-refractivity contribution in [2.45, 2.75) is 25.4 Å². The van der Waals surface area contributed by atoms with Gasteiger partial charge in [-0.3, -0.25) is 4.79 Å². The summed E-state index contributed by atoms with van der Waals surface area (Å²) in [4.78, 5) is 21.9. The van der Waals surface area contributed by atoms with Gasteiger partial charge in [-0.25, -0.2) is 4.98 Å². The monoisotopic (exact) mass is 404 g/mol. The SMILES string of the molecule is Cl.Cl.O=C1[C@H]2CC[C@H](CN(CC3[C@H]4CNC[C@@H]34)C2)N1Cc1cscn1. The highest BCUT2D eigenvalue weighted by molar-refractivity contribution is 7.07. The minimum absolute atomic E-state index is 0. The van der Waals surface area contributed by atoms with E-state index in [-0.39, 0.29) is 30.7 Å². The number of nitrogens with zero attached hydrogens (tertiary/aromatic N) is 3. The summed E-state index contributed by atoms with van der Waals surface area (Å²) >= 11 is 1.62. The average Bonchev–Trinajstić information content (AvgIpc) is 2.93. The summed E-state index contributed by atoms with van der Waals surface area (Å²) in [6.07, 6.45) is 2.24. The van der Waals surface area contributed by atoms with E-state index in [2.05, 4.69) is 25.5 Å². The topological polar surface area (TPSA) is 48.5 Å². The molecule has 1 aromatic heterocycles. The van der Waals surface area contributed by atoms with Crippen LogP contribution < -0.4 is 5.32 Å². The van der Waals surface area contributed by atoms with E-state index in [1.807, 2.05) is 5.51 Å². The predicted octanol–water partition coefficient (Wildman–Crippen LogP) is 1.87. The maximum absolute atomic E-state index is 12.8. The smallest absolute Gasteiger partial charge is 0.227 e. The molecule has 5 nitrogen and oxygen atoms in total. The minimum atomic E-state index is 0. The molecule has 1 aromatic rings. The Morgan fingerprint density at radius 3 is 2.72 bits per heavy atom. The standard InChI is InChI=1S/C17H24N4OS.2ClH/c22-17-11-1-2-13(21(17)6-12-9-23-10-19-12)7-20(5-11)8-16-14-3-18-4-15(14)16;;/h9-11,13-16,18H,1-8H2;2*1H/t11-,13+,14-,15+,16?;;/m0../s1. The Bertz CT molecular complexity index is 591. The van der Waals surface area contributed by atoms with Gasteiger partial charge in [0.05, 0.1) is 23.7 Å². The molecule has 4 aliphatic heterocycles. The van der Waals surface area contributed by atoms with Crippen molar-refractivity contribution in [3.05, 3.63) is 16.6 Å². The number of piperidine rings is 2. The highest BCUT2D eigenvalue weighted by Crippen LogP contribution is 2.49. The summed E-state index contributed by atoms with van der Waals surface area (Å²) in [5.41, 5.74) is 2.91. The van der Waals surface area contributed by atoms with Crippen molar-refractivity contribution in [3.63, 3.8) is 0 Å². The summed E-state index contributed by atoms with van der Waals surface area (Å²) < 4.78 is 0. The number of carbonyl (C=O) groups is 1. The summed E-state index contributed by atoms with van der Waals surface area (Å²) in [5, 5.41) is 5.55. The maximum atomic E-state index is 12.8. The van der Waals surface area contributed by atoms with E-state index in [0.29, 0.717) is 18.5 Å². The van der Waals surface area contributed by atoms with Gasteiger partial charge in [0, 0.05) is 31.1 Å². The molecule has 0 radical (unpaired) electrons. The molecular formula is C17H26Cl2N4OS. The van der Waals surface area contributed by atoms with Gasteiger partial charge >= 0.3 is 0 Å². The van der Waals surface area contributed by atoms with Crippen molar-refractivity contribution in [2.24, 2.45) is 23.7 Å². The second kappa shape index (κ2) is 7.69. The van der Waals surface area contributed by atoms with Crippen LogP contribution in [0.2, 0.25) is 0 Å². The first-order chi connectivity index (χ1) is 11.3. The highest BCUT2D eigenvalue weighted by Gasteiger charge is 2.53. The molecule has 4 saturated heterocycles. The van der Waals surface area contributed by atoms with E-state index in [1.54, 1.807) is 11.3 Å². The van der Waals surface area contributed by atoms with Crippen LogP contribution in [0.1, 0.15) is 18.5 Å². The van der Waals surface area contributed by atoms with Crippen molar-refractivity contribution in [1.82, 2.24) is 20.1 Å². The molecule has 25 heavy (non-hydrogen) atoms. The quantitative estimate of drug-likeness (QED) is 0.831. The summed E-state index contributed by atoms with van der Waals surface area (Å²) in [5.74, 6) is 3.30. The largest absolute Gasteiger partial charge is 0.332 e. The number of nitrogens with one attached hydrogen (secondary N) is 1. The molecule has 1 aliphatic carbocycles. The Balaban J connectivity index is 0.000000911. The highest BCUT2D eigenvalue weighted by atomic mass is 35.5. The lowest BCUT2D eigenvalue weighted by Crippen LogP contribution is -2.47. The molecule has 5 heterocycles. The lowest BCUT2D eigenvalue weighted by atomic mass is 9.94. The van der Waals surface area contributed by atoms with Crippen LogP contribution in [0.4, 0.5) is 0 Å². The molecule has 0 aromatic carbocycles. The fourth-order valence-corrected chi connectivity index (χ4v) is 5.64. The van der Waals surface area contributed by atoms with E-state index in [4.69, 9.17) is 0 Å². The van der Waals surface area contributed by atoms with Gasteiger partial charge in [0.2, 0.25) is 5.91 Å². The van der Waals surface area contributed by atoms with Crippen LogP contribution in [0.15, 0.2) is 10.9 Å². The Morgan fingerprint density at radius 1 is 1.20 bits per heavy atom. The number of hydrogen-bond acceptors (Lipinski definition) is 5. The number of carbonyl (C=O) groups excluding carboxylic acids is 1. The zero-order valence-corrected chi connectivity index (χ0v) is 16.6. The van der Waals surface area contributed by atoms with E-state index >= 15 is 0 Å². The van der Waals surface area contributed by atoms with Gasteiger partial charge < -0.3 is 15.1 Å². The molecule has 140 valence electrons. The Kier molecular flexibility index (Phi) is 5.95. The van der Waals surface area contributed by atoms with Crippen molar-refractivity contribution >= 4 is 42.1 Å². The van der Waals surface area contributed by atoms with E-state index in [1.165, 1.54) is 19.6 Å². The summed E-state index contributed by atoms with van der Waals surface area (Å²) in [7, 11) is 0. The normalized spacial score (nSPS) is 36.4. The van der Waals surface area contributed by atoms with Crippen LogP contribution in [0, 0.1) is 23.7 Å². The summed E-state index contributed by atoms with van der Waals surface area (Å²) in [6, 6.07) is 0.389. The lowest BCUT2D eigenvalue weighted by molar-refractivity contribution is -0.140. The fraction of sp³-hybridized carbons (Fsp3) is 0.765. The van der Waals surface area contributed by atoms with Crippen molar-refractivity contribution in [3.8, 4) is 0 Å². The van der Waals surface area contributed by atoms with Gasteiger partial charge in [-0.2, -0.15) is 0 Å². The van der Waals surface area contributed by atoms with Gasteiger partial charge in [0.25, 0.3) is 0 Å². The van der Waals surface area contributed by atoms with Crippen LogP contribution in [0.5, 0.6) is 0 Å². The minimum Gasteiger partial charge on any atom is -0.332 e. The molecule has 1 N–H and O–H groups in total. The molecule has 1 unspecified atom stereocenters. The molecule has 0 spiro atoms. The second-order valence-electron chi connectivity index (χ2n) is 7.74. The average molecular weight is 405 g/mol. The van der Waals surface area contributed by atoms with Crippen LogP contribution in [0.3, 0.4) is 0 Å². The molecule has 6 rings (SSSR count). The van der Waals surface area contributed by atoms with Crippen molar-refractivity contribution in [2.75, 3.05) is 32.7 Å². The van der Waals surface area contributed by atoms with E-state index in [9.17, 15) is 4.79 Å². The number of fused-ring (bicyclic) bond motifs is 5. The third-order valence-electron chi connectivity index (χ3n) is 6.42. The van der Waals surface area contributed by atoms with Gasteiger partial charge in [-0.1, -0.05) is 0 Å². The first-order valence-corrected chi connectivity index (χ1v) is 9.84. The summed E-state index contributed by atoms with van der Waals surface area (Å²) in [6.45, 7) is 6.38. The molecule has 1 amide bonds. The van der Waals surface area contributed by atoms with Crippen molar-refractivity contribution in [1.29, 1.82) is 0 Å². The molecule has 5 atom stereocenters. The molecule has 8 heteroatoms. The Labute approximate surface area is 165 Å². The number of rotatable bonds is 4. The van der Waals surface area contributed by atoms with Gasteiger partial charge in [-0.15, -0.1) is 36.2 Å². The van der Waals surface area contributed by atoms with Crippen LogP contribution in [-0.2, 0) is 11.3 Å². The number of amides is 1. The Morgan fingerprint density at radius 2 is 2.00 bits per heavy atom. The number of hydrogen-bond donors (Lipinski definition) is 1. The maximum Gasteiger partial charge on any atom is 0.227 e. The van der Waals surface area contributed by atoms with E-state index in [0.717, 1.165) is 49.4 Å². The Hall–Kier alpha value is -0.400. The van der Waals surface area contributed by atoms with E-state index < -0.39 is 0 Å². The zero-order chi connectivity index (χ0) is 15.4. The fourth-order valence-electron chi connectivity index (χ4n) is 5.09. The van der Waals surface area contributed by atoms with Crippen LogP contribution in [0.25, 0.3) is 0 Å². The lowest BCUT2D eigenvalue weighted by Gasteiger charge is -2.35. The predicted molar refractivity (Wildman–Crippen MR) is 103 cm³/mol. The zero-order valence-electron chi connectivity index (χ0n) is 14.2. The van der Waals surface area contributed by atoms with Crippen molar-refractivity contribution < 1.29 is 4.79 Å². The third kappa shape index (κ3) is 3.56. The van der Waals surface area contributed by atoms with Gasteiger partial charge in [0.1, 0.15) is 0 Å². The number of halogens is 2. The third-order valence-corrected chi connectivity index (χ3v) is 7.06. The van der Waals surface area contributed by atoms with Crippen LogP contribution >= 0.6 is 36.2 Å². The first-order valence-electron chi connectivity index (χ1n) is 8.90. The molecular weight excluding hydrogens is 379 g/mol. The van der Waals surface area contributed by atoms with Crippen LogP contribution in [-0.4, -0.2) is 59.5 Å². The second-order valence-corrected chi connectivity index (χ2v) is 8.46. The van der Waals surface area contributed by atoms with Gasteiger partial charge in [0.15, 0.2) is 0 Å². The molecule has 1 saturated carbocycles. The molecule has 5 aliphatic rings.